The van der Waals surface area contributed by atoms with Crippen LogP contribution in [0.1, 0.15) is 322 Å². The first-order valence-corrected chi connectivity index (χ1v) is 32.6. The van der Waals surface area contributed by atoms with E-state index in [4.69, 9.17) is 9.47 Å². The molecule has 0 saturated carbocycles. The lowest BCUT2D eigenvalue weighted by molar-refractivity contribution is -0.303. The Morgan fingerprint density at radius 3 is 1.15 bits per heavy atom. The molecule has 1 aliphatic heterocycles. The Hall–Kier alpha value is -1.15. The second-order valence-electron chi connectivity index (χ2n) is 23.2. The highest BCUT2D eigenvalue weighted by Gasteiger charge is 2.44. The van der Waals surface area contributed by atoms with Gasteiger partial charge in [-0.15, -0.1) is 0 Å². The fourth-order valence-electron chi connectivity index (χ4n) is 10.8. The summed E-state index contributed by atoms with van der Waals surface area (Å²) >= 11 is 0. The highest BCUT2D eigenvalue weighted by molar-refractivity contribution is 5.80. The Morgan fingerprint density at radius 1 is 0.453 bits per heavy atom. The van der Waals surface area contributed by atoms with Crippen LogP contribution in [-0.4, -0.2) is 110 Å². The van der Waals surface area contributed by atoms with E-state index in [0.29, 0.717) is 12.8 Å². The molecule has 446 valence electrons. The molecule has 1 aliphatic rings. The average Bonchev–Trinajstić information content (AvgIpc) is 3.41. The summed E-state index contributed by atoms with van der Waals surface area (Å²) < 4.78 is 11.2. The van der Waals surface area contributed by atoms with Crippen LogP contribution in [0.4, 0.5) is 0 Å². The van der Waals surface area contributed by atoms with E-state index in [1.807, 2.05) is 0 Å². The molecule has 1 saturated heterocycles. The summed E-state index contributed by atoms with van der Waals surface area (Å²) in [7, 11) is 0. The molecule has 1 amide bonds. The summed E-state index contributed by atoms with van der Waals surface area (Å²) in [5, 5.41) is 76.3. The highest BCUT2D eigenvalue weighted by atomic mass is 16.7. The van der Waals surface area contributed by atoms with Gasteiger partial charge in [-0.2, -0.15) is 0 Å². The van der Waals surface area contributed by atoms with Crippen molar-refractivity contribution in [3.05, 3.63) is 12.2 Å². The lowest BCUT2D eigenvalue weighted by Gasteiger charge is -2.40. The number of hydrogen-bond acceptors (Lipinski definition) is 10. The van der Waals surface area contributed by atoms with Crippen LogP contribution in [0.3, 0.4) is 0 Å². The SMILES string of the molecule is CCCCCCCCCCCCCCCCCCCCCCCCCCC/C=C/CCCC(O)C(O)C(COC1OC(CO)C(O)C(O)C1O)NC(=O)C(O)CCCCCCCCCCCCCCCCCCCC. The molecule has 0 aliphatic carbocycles. The van der Waals surface area contributed by atoms with Gasteiger partial charge in [-0.05, 0) is 38.5 Å². The number of carbonyl (C=O) groups excluding carboxylic acids is 1. The molecule has 9 unspecified atom stereocenters. The lowest BCUT2D eigenvalue weighted by Crippen LogP contribution is -2.60. The van der Waals surface area contributed by atoms with Gasteiger partial charge in [0.1, 0.15) is 36.6 Å². The van der Waals surface area contributed by atoms with Crippen molar-refractivity contribution >= 4 is 5.91 Å². The number of nitrogens with one attached hydrogen (secondary N) is 1. The minimum absolute atomic E-state index is 0.259. The van der Waals surface area contributed by atoms with Crippen LogP contribution < -0.4 is 5.32 Å². The molecule has 0 aromatic heterocycles. The first-order valence-electron chi connectivity index (χ1n) is 32.6. The molecule has 0 radical (unpaired) electrons. The number of aliphatic hydroxyl groups is 7. The van der Waals surface area contributed by atoms with Gasteiger partial charge in [0.2, 0.25) is 5.91 Å². The second kappa shape index (κ2) is 53.5. The van der Waals surface area contributed by atoms with Gasteiger partial charge in [0.25, 0.3) is 0 Å². The molecule has 0 bridgehead atoms. The third kappa shape index (κ3) is 41.5. The number of allylic oxidation sites excluding steroid dienone is 2. The molecule has 9 atom stereocenters. The van der Waals surface area contributed by atoms with Crippen LogP contribution in [0.15, 0.2) is 12.2 Å². The molecule has 8 N–H and O–H groups in total. The smallest absolute Gasteiger partial charge is 0.249 e. The number of ether oxygens (including phenoxy) is 2. The zero-order valence-electron chi connectivity index (χ0n) is 49.1. The molecule has 11 nitrogen and oxygen atoms in total. The number of unbranched alkanes of at least 4 members (excludes halogenated alkanes) is 43. The van der Waals surface area contributed by atoms with Gasteiger partial charge in [-0.1, -0.05) is 296 Å². The zero-order chi connectivity index (χ0) is 54.7. The van der Waals surface area contributed by atoms with Gasteiger partial charge < -0.3 is 50.5 Å². The van der Waals surface area contributed by atoms with Crippen molar-refractivity contribution in [2.24, 2.45) is 0 Å². The maximum absolute atomic E-state index is 13.2. The van der Waals surface area contributed by atoms with Gasteiger partial charge in [-0.3, -0.25) is 4.79 Å². The van der Waals surface area contributed by atoms with Crippen LogP contribution in [0.5, 0.6) is 0 Å². The van der Waals surface area contributed by atoms with Crippen molar-refractivity contribution in [3.8, 4) is 0 Å². The average molecular weight is 1070 g/mol. The van der Waals surface area contributed by atoms with E-state index >= 15 is 0 Å². The Kier molecular flexibility index (Phi) is 51.3. The first kappa shape index (κ1) is 71.9. The van der Waals surface area contributed by atoms with Gasteiger partial charge in [0, 0.05) is 0 Å². The minimum atomic E-state index is -1.67. The lowest BCUT2D eigenvalue weighted by atomic mass is 9.98. The number of carbonyl (C=O) groups is 1. The topological polar surface area (TPSA) is 189 Å². The Bertz CT molecular complexity index is 1220. The monoisotopic (exact) mass is 1070 g/mol. The fourth-order valence-corrected chi connectivity index (χ4v) is 10.8. The normalized spacial score (nSPS) is 19.7. The third-order valence-corrected chi connectivity index (χ3v) is 16.1. The quantitative estimate of drug-likeness (QED) is 0.0215. The molecule has 1 heterocycles. The van der Waals surface area contributed by atoms with Crippen molar-refractivity contribution < 1.29 is 50.0 Å². The molecule has 1 fully saturated rings. The Labute approximate surface area is 462 Å². The first-order chi connectivity index (χ1) is 36.7. The largest absolute Gasteiger partial charge is 0.394 e. The van der Waals surface area contributed by atoms with Gasteiger partial charge in [0.15, 0.2) is 6.29 Å². The van der Waals surface area contributed by atoms with Crippen LogP contribution in [0, 0.1) is 0 Å². The standard InChI is InChI=1S/C64H125NO10/c1-3-5-7-9-11-13-15-17-19-21-23-24-25-26-27-28-29-30-31-32-33-34-36-37-39-41-43-45-47-49-51-56(67)59(69)55(54-74-64-62(72)61(71)60(70)58(53-66)75-64)65-63(73)57(68)52-50-48-46-44-42-40-38-35-22-20-18-16-14-12-10-8-6-4-2/h43,45,55-62,64,66-72H,3-42,44,46-54H2,1-2H3,(H,65,73)/b45-43+. The van der Waals surface area contributed by atoms with Crippen molar-refractivity contribution in [1.29, 1.82) is 0 Å². The van der Waals surface area contributed by atoms with Crippen LogP contribution in [-0.2, 0) is 14.3 Å². The predicted octanol–water partition coefficient (Wildman–Crippen LogP) is 14.7. The second-order valence-corrected chi connectivity index (χ2v) is 23.2. The fraction of sp³-hybridized carbons (Fsp3) is 0.953. The van der Waals surface area contributed by atoms with E-state index in [9.17, 15) is 40.5 Å². The van der Waals surface area contributed by atoms with E-state index in [0.717, 1.165) is 38.5 Å². The zero-order valence-corrected chi connectivity index (χ0v) is 49.1. The van der Waals surface area contributed by atoms with E-state index < -0.39 is 74.2 Å². The molecule has 0 aromatic rings. The predicted molar refractivity (Wildman–Crippen MR) is 312 cm³/mol. The molecule has 75 heavy (non-hydrogen) atoms. The minimum Gasteiger partial charge on any atom is -0.394 e. The van der Waals surface area contributed by atoms with E-state index in [2.05, 4.69) is 31.3 Å². The van der Waals surface area contributed by atoms with Crippen LogP contribution in [0.25, 0.3) is 0 Å². The Balaban J connectivity index is 2.23. The molecular weight excluding hydrogens is 943 g/mol. The van der Waals surface area contributed by atoms with Gasteiger partial charge >= 0.3 is 0 Å². The summed E-state index contributed by atoms with van der Waals surface area (Å²) in [6.07, 6.45) is 52.9. The molecule has 1 rings (SSSR count). The van der Waals surface area contributed by atoms with Crippen LogP contribution >= 0.6 is 0 Å². The van der Waals surface area contributed by atoms with Crippen molar-refractivity contribution in [1.82, 2.24) is 5.32 Å². The number of aliphatic hydroxyl groups excluding tert-OH is 7. The highest BCUT2D eigenvalue weighted by Crippen LogP contribution is 2.24. The third-order valence-electron chi connectivity index (χ3n) is 16.1. The molecule has 0 aromatic carbocycles. The molecular formula is C64H125NO10. The van der Waals surface area contributed by atoms with Gasteiger partial charge in [-0.25, -0.2) is 0 Å². The van der Waals surface area contributed by atoms with Crippen molar-refractivity contribution in [2.45, 2.75) is 377 Å². The molecule has 11 heteroatoms. The summed E-state index contributed by atoms with van der Waals surface area (Å²) in [5.74, 6) is -0.700. The maximum atomic E-state index is 13.2. The Morgan fingerprint density at radius 2 is 0.787 bits per heavy atom. The van der Waals surface area contributed by atoms with Crippen molar-refractivity contribution in [2.75, 3.05) is 13.2 Å². The number of rotatable bonds is 57. The summed E-state index contributed by atoms with van der Waals surface area (Å²) in [5.41, 5.74) is 0. The van der Waals surface area contributed by atoms with Gasteiger partial charge in [0.05, 0.1) is 25.4 Å². The van der Waals surface area contributed by atoms with Crippen LogP contribution in [0.2, 0.25) is 0 Å². The number of amides is 1. The maximum Gasteiger partial charge on any atom is 0.249 e. The van der Waals surface area contributed by atoms with E-state index in [-0.39, 0.29) is 12.8 Å². The molecule has 0 spiro atoms. The summed E-state index contributed by atoms with van der Waals surface area (Å²) in [6, 6.07) is -1.18. The summed E-state index contributed by atoms with van der Waals surface area (Å²) in [4.78, 5) is 13.2. The van der Waals surface area contributed by atoms with E-state index in [1.165, 1.54) is 244 Å². The van der Waals surface area contributed by atoms with E-state index in [1.54, 1.807) is 0 Å². The van der Waals surface area contributed by atoms with Crippen molar-refractivity contribution in [3.63, 3.8) is 0 Å². The summed E-state index contributed by atoms with van der Waals surface area (Å²) in [6.45, 7) is 3.49. The number of hydrogen-bond donors (Lipinski definition) is 8.